The van der Waals surface area contributed by atoms with Crippen LogP contribution in [0.25, 0.3) is 6.08 Å². The van der Waals surface area contributed by atoms with Crippen molar-refractivity contribution in [3.63, 3.8) is 0 Å². The summed E-state index contributed by atoms with van der Waals surface area (Å²) in [5.41, 5.74) is 2.27. The summed E-state index contributed by atoms with van der Waals surface area (Å²) in [6.07, 6.45) is 2.71. The second kappa shape index (κ2) is 11.3. The van der Waals surface area contributed by atoms with E-state index in [0.717, 1.165) is 11.1 Å². The lowest BCUT2D eigenvalue weighted by Crippen LogP contribution is -2.12. The molecule has 2 N–H and O–H groups in total. The average molecular weight is 404 g/mol. The Bertz CT molecular complexity index is 792. The van der Waals surface area contributed by atoms with Gasteiger partial charge >= 0.3 is 0 Å². The second-order valence-corrected chi connectivity index (χ2v) is 6.10. The highest BCUT2D eigenvalue weighted by molar-refractivity contribution is 5.59. The van der Waals surface area contributed by atoms with Crippen LogP contribution in [-0.4, -0.2) is 51.9 Å². The molecule has 0 aliphatic heterocycles. The topological polar surface area (TPSA) is 86.6 Å². The number of hydrogen-bond donors (Lipinski definition) is 2. The van der Waals surface area contributed by atoms with Crippen molar-refractivity contribution >= 4 is 6.08 Å². The third kappa shape index (κ3) is 5.63. The monoisotopic (exact) mass is 404 g/mol. The van der Waals surface area contributed by atoms with Crippen LogP contribution in [-0.2, 0) is 11.3 Å². The van der Waals surface area contributed by atoms with E-state index in [-0.39, 0.29) is 19.8 Å². The van der Waals surface area contributed by atoms with E-state index in [1.165, 1.54) is 0 Å². The van der Waals surface area contributed by atoms with Gasteiger partial charge in [-0.2, -0.15) is 0 Å². The molecule has 0 heterocycles. The fourth-order valence-electron chi connectivity index (χ4n) is 2.96. The fourth-order valence-corrected chi connectivity index (χ4v) is 2.96. The van der Waals surface area contributed by atoms with Crippen LogP contribution >= 0.6 is 0 Å². The van der Waals surface area contributed by atoms with E-state index in [1.54, 1.807) is 58.8 Å². The fraction of sp³-hybridized carbons (Fsp3) is 0.364. The van der Waals surface area contributed by atoms with Crippen molar-refractivity contribution in [3.8, 4) is 23.0 Å². The first-order chi connectivity index (χ1) is 14.1. The van der Waals surface area contributed by atoms with Crippen LogP contribution in [0.2, 0.25) is 0 Å². The maximum Gasteiger partial charge on any atom is 0.161 e. The smallest absolute Gasteiger partial charge is 0.161 e. The zero-order valence-corrected chi connectivity index (χ0v) is 17.2. The average Bonchev–Trinajstić information content (AvgIpc) is 2.77. The molecular weight excluding hydrogens is 376 g/mol. The third-order valence-electron chi connectivity index (χ3n) is 4.37. The predicted octanol–water partition coefficient (Wildman–Crippen LogP) is 2.98. The van der Waals surface area contributed by atoms with Crippen molar-refractivity contribution in [1.29, 1.82) is 0 Å². The summed E-state index contributed by atoms with van der Waals surface area (Å²) in [6.45, 7) is -0.0873. The molecular formula is C22H28O7. The molecule has 1 unspecified atom stereocenters. The van der Waals surface area contributed by atoms with Gasteiger partial charge in [-0.25, -0.2) is 0 Å². The Labute approximate surface area is 171 Å². The van der Waals surface area contributed by atoms with Gasteiger partial charge in [0.15, 0.2) is 11.5 Å². The maximum absolute atomic E-state index is 9.96. The molecule has 7 heteroatoms. The van der Waals surface area contributed by atoms with Crippen molar-refractivity contribution in [1.82, 2.24) is 0 Å². The number of benzene rings is 2. The van der Waals surface area contributed by atoms with Gasteiger partial charge < -0.3 is 33.9 Å². The first-order valence-corrected chi connectivity index (χ1v) is 9.08. The molecule has 0 aliphatic carbocycles. The van der Waals surface area contributed by atoms with E-state index >= 15 is 0 Å². The van der Waals surface area contributed by atoms with Crippen molar-refractivity contribution in [3.05, 3.63) is 53.1 Å². The Morgan fingerprint density at radius 2 is 1.45 bits per heavy atom. The van der Waals surface area contributed by atoms with Crippen molar-refractivity contribution in [2.45, 2.75) is 12.7 Å². The molecule has 29 heavy (non-hydrogen) atoms. The van der Waals surface area contributed by atoms with Gasteiger partial charge in [0.1, 0.15) is 17.6 Å². The Hall–Kier alpha value is -2.74. The lowest BCUT2D eigenvalue weighted by Gasteiger charge is -2.22. The number of ether oxygens (including phenoxy) is 5. The third-order valence-corrected chi connectivity index (χ3v) is 4.37. The molecule has 0 saturated carbocycles. The summed E-state index contributed by atoms with van der Waals surface area (Å²) < 4.78 is 27.6. The minimum absolute atomic E-state index is 0.0694. The van der Waals surface area contributed by atoms with Crippen LogP contribution in [0, 0.1) is 0 Å². The molecule has 158 valence electrons. The molecule has 0 spiro atoms. The van der Waals surface area contributed by atoms with Crippen LogP contribution in [0.15, 0.2) is 36.4 Å². The van der Waals surface area contributed by atoms with Gasteiger partial charge in [-0.15, -0.1) is 0 Å². The minimum atomic E-state index is -0.663. The summed E-state index contributed by atoms with van der Waals surface area (Å²) in [6, 6.07) is 9.09. The van der Waals surface area contributed by atoms with Gasteiger partial charge in [-0.1, -0.05) is 18.2 Å². The predicted molar refractivity (Wildman–Crippen MR) is 110 cm³/mol. The summed E-state index contributed by atoms with van der Waals surface area (Å²) >= 11 is 0. The van der Waals surface area contributed by atoms with Gasteiger partial charge in [-0.05, 0) is 35.4 Å². The van der Waals surface area contributed by atoms with Gasteiger partial charge in [0.25, 0.3) is 0 Å². The summed E-state index contributed by atoms with van der Waals surface area (Å²) in [4.78, 5) is 0. The number of aliphatic hydroxyl groups is 2. The molecule has 2 aromatic carbocycles. The first kappa shape index (κ1) is 22.5. The van der Waals surface area contributed by atoms with E-state index in [9.17, 15) is 5.11 Å². The normalized spacial score (nSPS) is 12.1. The number of methoxy groups -OCH3 is 4. The Balaban J connectivity index is 2.30. The number of rotatable bonds is 11. The van der Waals surface area contributed by atoms with Crippen LogP contribution in [0.4, 0.5) is 0 Å². The second-order valence-electron chi connectivity index (χ2n) is 6.10. The van der Waals surface area contributed by atoms with Gasteiger partial charge in [0.05, 0.1) is 53.8 Å². The van der Waals surface area contributed by atoms with Gasteiger partial charge in [-0.3, -0.25) is 0 Å². The lowest BCUT2D eigenvalue weighted by atomic mass is 10.0. The molecule has 2 rings (SSSR count). The van der Waals surface area contributed by atoms with E-state index in [1.807, 2.05) is 12.1 Å². The highest BCUT2D eigenvalue weighted by atomic mass is 16.5. The molecule has 0 aliphatic rings. The van der Waals surface area contributed by atoms with Crippen LogP contribution < -0.4 is 18.9 Å². The van der Waals surface area contributed by atoms with Crippen molar-refractivity contribution in [2.75, 3.05) is 41.7 Å². The quantitative estimate of drug-likeness (QED) is 0.595. The van der Waals surface area contributed by atoms with E-state index in [0.29, 0.717) is 28.6 Å². The highest BCUT2D eigenvalue weighted by Gasteiger charge is 2.22. The molecule has 0 radical (unpaired) electrons. The first-order valence-electron chi connectivity index (χ1n) is 9.08. The largest absolute Gasteiger partial charge is 0.496 e. The Morgan fingerprint density at radius 1 is 0.828 bits per heavy atom. The van der Waals surface area contributed by atoms with Crippen LogP contribution in [0.1, 0.15) is 22.8 Å². The summed E-state index contributed by atoms with van der Waals surface area (Å²) in [5.74, 6) is 2.27. The lowest BCUT2D eigenvalue weighted by molar-refractivity contribution is -0.00154. The zero-order valence-electron chi connectivity index (χ0n) is 17.2. The van der Waals surface area contributed by atoms with E-state index in [2.05, 4.69) is 0 Å². The van der Waals surface area contributed by atoms with Gasteiger partial charge in [0.2, 0.25) is 0 Å². The number of hydrogen-bond acceptors (Lipinski definition) is 7. The van der Waals surface area contributed by atoms with E-state index < -0.39 is 6.10 Å². The molecule has 0 fully saturated rings. The molecule has 0 bridgehead atoms. The molecule has 1 atom stereocenters. The Kier molecular flexibility index (Phi) is 8.79. The molecule has 0 aromatic heterocycles. The highest BCUT2D eigenvalue weighted by Crippen LogP contribution is 2.38. The molecule has 7 nitrogen and oxygen atoms in total. The minimum Gasteiger partial charge on any atom is -0.496 e. The maximum atomic E-state index is 9.96. The SMILES string of the molecule is COc1ccc(COC(CO)c2c(OC)cc(C=CCO)cc2OC)cc1OC. The summed E-state index contributed by atoms with van der Waals surface area (Å²) in [5, 5.41) is 19.0. The van der Waals surface area contributed by atoms with E-state index in [4.69, 9.17) is 28.8 Å². The van der Waals surface area contributed by atoms with Gasteiger partial charge in [0, 0.05) is 0 Å². The summed E-state index contributed by atoms with van der Waals surface area (Å²) in [7, 11) is 6.23. The molecule has 2 aromatic rings. The standard InChI is InChI=1S/C22H28O7/c1-25-17-8-7-16(12-18(17)26-2)14-29-21(13-24)22-19(27-3)10-15(6-5-9-23)11-20(22)28-4/h5-8,10-12,21,23-24H,9,13-14H2,1-4H3. The van der Waals surface area contributed by atoms with Crippen molar-refractivity contribution in [2.24, 2.45) is 0 Å². The molecule has 0 saturated heterocycles. The van der Waals surface area contributed by atoms with Crippen LogP contribution in [0.5, 0.6) is 23.0 Å². The Morgan fingerprint density at radius 3 is 1.97 bits per heavy atom. The van der Waals surface area contributed by atoms with Crippen molar-refractivity contribution < 1.29 is 33.9 Å². The zero-order chi connectivity index (χ0) is 21.2. The molecule has 0 amide bonds. The number of aliphatic hydroxyl groups excluding tert-OH is 2. The van der Waals surface area contributed by atoms with Crippen LogP contribution in [0.3, 0.4) is 0 Å².